The minimum Gasteiger partial charge on any atom is -0.383 e. The normalized spacial score (nSPS) is 10.5. The highest BCUT2D eigenvalue weighted by Gasteiger charge is 2.15. The number of carbonyl (C=O) groups is 1. The van der Waals surface area contributed by atoms with Gasteiger partial charge in [0.05, 0.1) is 22.9 Å². The Labute approximate surface area is 172 Å². The van der Waals surface area contributed by atoms with Gasteiger partial charge in [-0.15, -0.1) is 0 Å². The van der Waals surface area contributed by atoms with E-state index in [1.165, 1.54) is 6.20 Å². The van der Waals surface area contributed by atoms with Crippen LogP contribution in [0.25, 0.3) is 11.3 Å². The predicted octanol–water partition coefficient (Wildman–Crippen LogP) is 4.76. The zero-order valence-corrected chi connectivity index (χ0v) is 16.6. The SMILES string of the molecule is COCCNc1cc(-c2ncccc2Cl)ccc1C(=O)Nc1ccnc(Cl)c1. The highest BCUT2D eigenvalue weighted by molar-refractivity contribution is 6.33. The third-order valence-electron chi connectivity index (χ3n) is 3.90. The maximum absolute atomic E-state index is 12.8. The molecule has 0 saturated heterocycles. The Bertz CT molecular complexity index is 982. The molecule has 144 valence electrons. The van der Waals surface area contributed by atoms with Gasteiger partial charge in [0.15, 0.2) is 0 Å². The molecule has 3 aromatic rings. The van der Waals surface area contributed by atoms with E-state index >= 15 is 0 Å². The van der Waals surface area contributed by atoms with Crippen LogP contribution in [0.5, 0.6) is 0 Å². The Balaban J connectivity index is 1.92. The number of halogens is 2. The fraction of sp³-hybridized carbons (Fsp3) is 0.150. The molecule has 0 aliphatic rings. The Morgan fingerprint density at radius 1 is 1.11 bits per heavy atom. The van der Waals surface area contributed by atoms with Crippen LogP contribution in [0.2, 0.25) is 10.2 Å². The first-order chi connectivity index (χ1) is 13.6. The molecule has 2 heterocycles. The molecule has 2 aromatic heterocycles. The Morgan fingerprint density at radius 2 is 1.96 bits per heavy atom. The van der Waals surface area contributed by atoms with Crippen LogP contribution in [0, 0.1) is 0 Å². The van der Waals surface area contributed by atoms with Crippen molar-refractivity contribution in [1.82, 2.24) is 9.97 Å². The molecule has 3 rings (SSSR count). The standard InChI is InChI=1S/C20H18Cl2N4O2/c1-28-10-9-23-17-11-13(19-16(21)3-2-7-25-19)4-5-15(17)20(27)26-14-6-8-24-18(22)12-14/h2-8,11-12,23H,9-10H2,1H3,(H,24,26,27). The molecule has 1 amide bonds. The van der Waals surface area contributed by atoms with Crippen molar-refractivity contribution in [2.75, 3.05) is 30.9 Å². The van der Waals surface area contributed by atoms with Crippen LogP contribution < -0.4 is 10.6 Å². The molecule has 8 heteroatoms. The monoisotopic (exact) mass is 416 g/mol. The van der Waals surface area contributed by atoms with E-state index in [9.17, 15) is 4.79 Å². The van der Waals surface area contributed by atoms with Gasteiger partial charge in [-0.1, -0.05) is 29.3 Å². The van der Waals surface area contributed by atoms with Crippen molar-refractivity contribution < 1.29 is 9.53 Å². The minimum atomic E-state index is -0.277. The average molecular weight is 417 g/mol. The molecule has 0 bridgehead atoms. The minimum absolute atomic E-state index is 0.277. The van der Waals surface area contributed by atoms with E-state index in [-0.39, 0.29) is 5.91 Å². The van der Waals surface area contributed by atoms with Crippen LogP contribution in [0.4, 0.5) is 11.4 Å². The summed E-state index contributed by atoms with van der Waals surface area (Å²) in [4.78, 5) is 21.0. The summed E-state index contributed by atoms with van der Waals surface area (Å²) in [6.45, 7) is 1.03. The fourth-order valence-corrected chi connectivity index (χ4v) is 3.00. The Morgan fingerprint density at radius 3 is 2.71 bits per heavy atom. The summed E-state index contributed by atoms with van der Waals surface area (Å²) in [6.07, 6.45) is 3.20. The number of anilines is 2. The average Bonchev–Trinajstić information content (AvgIpc) is 2.68. The number of benzene rings is 1. The van der Waals surface area contributed by atoms with E-state index in [4.69, 9.17) is 27.9 Å². The molecule has 0 atom stereocenters. The molecular weight excluding hydrogens is 399 g/mol. The van der Waals surface area contributed by atoms with Crippen LogP contribution in [-0.4, -0.2) is 36.1 Å². The van der Waals surface area contributed by atoms with Gasteiger partial charge in [0, 0.05) is 43.0 Å². The first kappa shape index (κ1) is 20.1. The van der Waals surface area contributed by atoms with E-state index in [1.54, 1.807) is 43.6 Å². The van der Waals surface area contributed by atoms with Crippen molar-refractivity contribution in [3.05, 3.63) is 70.6 Å². The van der Waals surface area contributed by atoms with Gasteiger partial charge in [0.2, 0.25) is 0 Å². The maximum Gasteiger partial charge on any atom is 0.257 e. The lowest BCUT2D eigenvalue weighted by molar-refractivity contribution is 0.102. The van der Waals surface area contributed by atoms with Gasteiger partial charge in [-0.3, -0.25) is 9.78 Å². The van der Waals surface area contributed by atoms with Crippen LogP contribution in [0.1, 0.15) is 10.4 Å². The summed E-state index contributed by atoms with van der Waals surface area (Å²) in [5.41, 5.74) is 3.12. The number of hydrogen-bond donors (Lipinski definition) is 2. The predicted molar refractivity (Wildman–Crippen MR) is 112 cm³/mol. The quantitative estimate of drug-likeness (QED) is 0.428. The lowest BCUT2D eigenvalue weighted by Gasteiger charge is -2.14. The topological polar surface area (TPSA) is 76.1 Å². The molecule has 0 unspecified atom stereocenters. The zero-order chi connectivity index (χ0) is 19.9. The van der Waals surface area contributed by atoms with Gasteiger partial charge in [0.1, 0.15) is 5.15 Å². The lowest BCUT2D eigenvalue weighted by atomic mass is 10.0. The number of rotatable bonds is 7. The van der Waals surface area contributed by atoms with E-state index in [2.05, 4.69) is 20.6 Å². The number of amides is 1. The van der Waals surface area contributed by atoms with Gasteiger partial charge in [-0.2, -0.15) is 0 Å². The summed E-state index contributed by atoms with van der Waals surface area (Å²) >= 11 is 12.1. The highest BCUT2D eigenvalue weighted by Crippen LogP contribution is 2.29. The second-order valence-corrected chi connectivity index (χ2v) is 6.63. The van der Waals surface area contributed by atoms with Crippen molar-refractivity contribution in [1.29, 1.82) is 0 Å². The molecule has 28 heavy (non-hydrogen) atoms. The van der Waals surface area contributed by atoms with Crippen molar-refractivity contribution in [2.45, 2.75) is 0 Å². The van der Waals surface area contributed by atoms with Crippen LogP contribution >= 0.6 is 23.2 Å². The molecule has 0 radical (unpaired) electrons. The van der Waals surface area contributed by atoms with Crippen LogP contribution in [0.15, 0.2) is 54.9 Å². The molecule has 1 aromatic carbocycles. The molecule has 0 fully saturated rings. The van der Waals surface area contributed by atoms with Crippen molar-refractivity contribution in [3.8, 4) is 11.3 Å². The fourth-order valence-electron chi connectivity index (χ4n) is 2.60. The third kappa shape index (κ3) is 4.98. The summed E-state index contributed by atoms with van der Waals surface area (Å²) < 4.78 is 5.09. The number of methoxy groups -OCH3 is 1. The van der Waals surface area contributed by atoms with Crippen molar-refractivity contribution >= 4 is 40.5 Å². The van der Waals surface area contributed by atoms with Crippen molar-refractivity contribution in [3.63, 3.8) is 0 Å². The van der Waals surface area contributed by atoms with Crippen LogP contribution in [0.3, 0.4) is 0 Å². The first-order valence-corrected chi connectivity index (χ1v) is 9.24. The number of nitrogens with one attached hydrogen (secondary N) is 2. The number of ether oxygens (including phenoxy) is 1. The summed E-state index contributed by atoms with van der Waals surface area (Å²) in [6, 6.07) is 12.2. The van der Waals surface area contributed by atoms with Gasteiger partial charge < -0.3 is 15.4 Å². The molecule has 0 aliphatic heterocycles. The largest absolute Gasteiger partial charge is 0.383 e. The highest BCUT2D eigenvalue weighted by atomic mass is 35.5. The second-order valence-electron chi connectivity index (χ2n) is 5.84. The Kier molecular flexibility index (Phi) is 6.81. The number of pyridine rings is 2. The first-order valence-electron chi connectivity index (χ1n) is 8.49. The molecule has 2 N–H and O–H groups in total. The summed E-state index contributed by atoms with van der Waals surface area (Å²) in [5.74, 6) is -0.277. The molecule has 0 spiro atoms. The van der Waals surface area contributed by atoms with Gasteiger partial charge >= 0.3 is 0 Å². The van der Waals surface area contributed by atoms with E-state index in [0.717, 1.165) is 5.56 Å². The summed E-state index contributed by atoms with van der Waals surface area (Å²) in [5, 5.41) is 6.89. The maximum atomic E-state index is 12.8. The second kappa shape index (κ2) is 9.50. The van der Waals surface area contributed by atoms with Crippen LogP contribution in [-0.2, 0) is 4.74 Å². The number of aromatic nitrogens is 2. The number of hydrogen-bond acceptors (Lipinski definition) is 5. The smallest absolute Gasteiger partial charge is 0.257 e. The molecular formula is C20H18Cl2N4O2. The van der Waals surface area contributed by atoms with E-state index in [1.807, 2.05) is 12.1 Å². The van der Waals surface area contributed by atoms with Gasteiger partial charge in [-0.25, -0.2) is 4.98 Å². The third-order valence-corrected chi connectivity index (χ3v) is 4.41. The van der Waals surface area contributed by atoms with Gasteiger partial charge in [0.25, 0.3) is 5.91 Å². The number of carbonyl (C=O) groups excluding carboxylic acids is 1. The summed E-state index contributed by atoms with van der Waals surface area (Å²) in [7, 11) is 1.62. The Hall–Kier alpha value is -2.67. The zero-order valence-electron chi connectivity index (χ0n) is 15.1. The molecule has 0 aliphatic carbocycles. The lowest BCUT2D eigenvalue weighted by Crippen LogP contribution is -2.16. The number of nitrogens with zero attached hydrogens (tertiary/aromatic N) is 2. The molecule has 6 nitrogen and oxygen atoms in total. The van der Waals surface area contributed by atoms with E-state index < -0.39 is 0 Å². The van der Waals surface area contributed by atoms with E-state index in [0.29, 0.717) is 46.0 Å². The van der Waals surface area contributed by atoms with Gasteiger partial charge in [-0.05, 0) is 36.4 Å². The molecule has 0 saturated carbocycles. The van der Waals surface area contributed by atoms with Crippen molar-refractivity contribution in [2.24, 2.45) is 0 Å².